The van der Waals surface area contributed by atoms with Gasteiger partial charge in [0.15, 0.2) is 0 Å². The first-order valence-corrected chi connectivity index (χ1v) is 7.31. The number of amides is 1. The molecule has 0 unspecified atom stereocenters. The zero-order chi connectivity index (χ0) is 14.4. The smallest absolute Gasteiger partial charge is 0.223 e. The molecule has 2 rings (SSSR count). The minimum absolute atomic E-state index is 0.00625. The summed E-state index contributed by atoms with van der Waals surface area (Å²) >= 11 is 1.66. The number of nitrogen functional groups attached to an aromatic ring is 1. The lowest BCUT2D eigenvalue weighted by Crippen LogP contribution is -2.24. The zero-order valence-electron chi connectivity index (χ0n) is 11.4. The Balaban J connectivity index is 1.68. The molecule has 0 fully saturated rings. The molecular formula is C15H18N2O2S. The summed E-state index contributed by atoms with van der Waals surface area (Å²) in [6, 6.07) is 9.19. The predicted octanol–water partition coefficient (Wildman–Crippen LogP) is 2.72. The van der Waals surface area contributed by atoms with Crippen molar-refractivity contribution in [3.63, 3.8) is 0 Å². The number of rotatable bonds is 6. The minimum atomic E-state index is -0.00625. The molecule has 0 saturated carbocycles. The Hall–Kier alpha value is -2.01. The van der Waals surface area contributed by atoms with Crippen LogP contribution in [0.2, 0.25) is 0 Å². The molecule has 0 radical (unpaired) electrons. The van der Waals surface area contributed by atoms with Crippen molar-refractivity contribution in [1.82, 2.24) is 5.32 Å². The van der Waals surface area contributed by atoms with Crippen LogP contribution in [0.5, 0.6) is 5.75 Å². The van der Waals surface area contributed by atoms with Gasteiger partial charge in [-0.15, -0.1) is 11.3 Å². The highest BCUT2D eigenvalue weighted by molar-refractivity contribution is 7.10. The van der Waals surface area contributed by atoms with Crippen molar-refractivity contribution in [2.24, 2.45) is 0 Å². The highest BCUT2D eigenvalue weighted by atomic mass is 32.1. The van der Waals surface area contributed by atoms with Crippen molar-refractivity contribution < 1.29 is 9.53 Å². The monoisotopic (exact) mass is 290 g/mol. The van der Waals surface area contributed by atoms with Gasteiger partial charge in [0.05, 0.1) is 19.6 Å². The van der Waals surface area contributed by atoms with Crippen LogP contribution < -0.4 is 15.8 Å². The predicted molar refractivity (Wildman–Crippen MR) is 81.9 cm³/mol. The molecule has 20 heavy (non-hydrogen) atoms. The molecule has 4 nitrogen and oxygen atoms in total. The number of aryl methyl sites for hydroxylation is 1. The van der Waals surface area contributed by atoms with Gasteiger partial charge in [-0.25, -0.2) is 0 Å². The minimum Gasteiger partial charge on any atom is -0.493 e. The largest absolute Gasteiger partial charge is 0.493 e. The number of hydrogen-bond donors (Lipinski definition) is 2. The van der Waals surface area contributed by atoms with E-state index in [0.29, 0.717) is 25.3 Å². The van der Waals surface area contributed by atoms with Gasteiger partial charge in [0.2, 0.25) is 5.91 Å². The van der Waals surface area contributed by atoms with Crippen LogP contribution in [-0.4, -0.2) is 12.5 Å². The molecule has 2 aromatic rings. The van der Waals surface area contributed by atoms with Crippen molar-refractivity contribution >= 4 is 22.9 Å². The Morgan fingerprint density at radius 2 is 2.05 bits per heavy atom. The van der Waals surface area contributed by atoms with Gasteiger partial charge in [-0.1, -0.05) is 0 Å². The first-order valence-electron chi connectivity index (χ1n) is 6.43. The van der Waals surface area contributed by atoms with Crippen LogP contribution in [0.3, 0.4) is 0 Å². The van der Waals surface area contributed by atoms with E-state index in [1.165, 1.54) is 10.4 Å². The lowest BCUT2D eigenvalue weighted by atomic mass is 10.3. The van der Waals surface area contributed by atoms with Gasteiger partial charge in [-0.2, -0.15) is 0 Å². The molecule has 0 aliphatic rings. The molecule has 1 aromatic carbocycles. The third kappa shape index (κ3) is 4.28. The molecule has 0 aliphatic carbocycles. The Bertz CT molecular complexity index is 564. The van der Waals surface area contributed by atoms with Crippen LogP contribution >= 0.6 is 11.3 Å². The molecule has 0 spiro atoms. The molecule has 0 atom stereocenters. The number of anilines is 1. The maximum absolute atomic E-state index is 11.7. The number of benzene rings is 1. The van der Waals surface area contributed by atoms with E-state index in [0.717, 1.165) is 5.75 Å². The van der Waals surface area contributed by atoms with Gasteiger partial charge in [0.1, 0.15) is 5.75 Å². The van der Waals surface area contributed by atoms with E-state index in [1.54, 1.807) is 35.6 Å². The topological polar surface area (TPSA) is 64.3 Å². The van der Waals surface area contributed by atoms with Crippen LogP contribution in [-0.2, 0) is 11.3 Å². The third-order valence-corrected chi connectivity index (χ3v) is 3.92. The first-order chi connectivity index (χ1) is 9.65. The number of nitrogens with two attached hydrogens (primary N) is 1. The zero-order valence-corrected chi connectivity index (χ0v) is 12.2. The van der Waals surface area contributed by atoms with E-state index in [-0.39, 0.29) is 5.91 Å². The first kappa shape index (κ1) is 14.4. The number of nitrogens with one attached hydrogen (secondary N) is 1. The fraction of sp³-hybridized carbons (Fsp3) is 0.267. The molecule has 106 valence electrons. The molecule has 5 heteroatoms. The van der Waals surface area contributed by atoms with Gasteiger partial charge in [0, 0.05) is 10.6 Å². The van der Waals surface area contributed by atoms with Crippen LogP contribution in [0.4, 0.5) is 5.69 Å². The Morgan fingerprint density at radius 3 is 2.70 bits per heavy atom. The fourth-order valence-corrected chi connectivity index (χ4v) is 2.52. The van der Waals surface area contributed by atoms with E-state index in [9.17, 15) is 4.79 Å². The average Bonchev–Trinajstić information content (AvgIpc) is 2.84. The molecule has 1 amide bonds. The van der Waals surface area contributed by atoms with E-state index in [1.807, 2.05) is 12.3 Å². The number of hydrogen-bond acceptors (Lipinski definition) is 4. The Morgan fingerprint density at radius 1 is 1.30 bits per heavy atom. The van der Waals surface area contributed by atoms with Crippen molar-refractivity contribution in [2.45, 2.75) is 19.9 Å². The maximum Gasteiger partial charge on any atom is 0.223 e. The van der Waals surface area contributed by atoms with Crippen LogP contribution in [0.25, 0.3) is 0 Å². The summed E-state index contributed by atoms with van der Waals surface area (Å²) in [7, 11) is 0. The summed E-state index contributed by atoms with van der Waals surface area (Å²) in [6.45, 7) is 2.99. The van der Waals surface area contributed by atoms with Crippen LogP contribution in [0, 0.1) is 6.92 Å². The molecule has 1 aromatic heterocycles. The Labute approximate surface area is 122 Å². The molecule has 0 saturated heterocycles. The molecular weight excluding hydrogens is 272 g/mol. The summed E-state index contributed by atoms with van der Waals surface area (Å²) in [5, 5.41) is 4.92. The van der Waals surface area contributed by atoms with Crippen LogP contribution in [0.15, 0.2) is 35.7 Å². The van der Waals surface area contributed by atoms with Gasteiger partial charge in [0.25, 0.3) is 0 Å². The summed E-state index contributed by atoms with van der Waals surface area (Å²) in [5.74, 6) is 0.717. The number of ether oxygens (including phenoxy) is 1. The Kier molecular flexibility index (Phi) is 5.01. The highest BCUT2D eigenvalue weighted by Crippen LogP contribution is 2.15. The van der Waals surface area contributed by atoms with Crippen LogP contribution in [0.1, 0.15) is 16.9 Å². The van der Waals surface area contributed by atoms with E-state index in [2.05, 4.69) is 11.4 Å². The fourth-order valence-electron chi connectivity index (χ4n) is 1.68. The SMILES string of the molecule is Cc1ccsc1CNC(=O)CCOc1ccc(N)cc1. The molecule has 1 heterocycles. The van der Waals surface area contributed by atoms with E-state index >= 15 is 0 Å². The van der Waals surface area contributed by atoms with Crippen molar-refractivity contribution in [3.8, 4) is 5.75 Å². The lowest BCUT2D eigenvalue weighted by molar-refractivity contribution is -0.121. The standard InChI is InChI=1S/C15H18N2O2S/c1-11-7-9-20-14(11)10-17-15(18)6-8-19-13-4-2-12(16)3-5-13/h2-5,7,9H,6,8,10,16H2,1H3,(H,17,18). The second-order valence-corrected chi connectivity index (χ2v) is 5.47. The lowest BCUT2D eigenvalue weighted by Gasteiger charge is -2.07. The van der Waals surface area contributed by atoms with Gasteiger partial charge in [-0.05, 0) is 48.2 Å². The number of carbonyl (C=O) groups excluding carboxylic acids is 1. The second kappa shape index (κ2) is 6.96. The maximum atomic E-state index is 11.7. The summed E-state index contributed by atoms with van der Waals surface area (Å²) in [6.07, 6.45) is 0.342. The van der Waals surface area contributed by atoms with Crippen molar-refractivity contribution in [2.75, 3.05) is 12.3 Å². The average molecular weight is 290 g/mol. The molecule has 0 aliphatic heterocycles. The summed E-state index contributed by atoms with van der Waals surface area (Å²) in [4.78, 5) is 12.9. The quantitative estimate of drug-likeness (QED) is 0.804. The number of thiophene rings is 1. The van der Waals surface area contributed by atoms with Gasteiger partial charge >= 0.3 is 0 Å². The van der Waals surface area contributed by atoms with Crippen molar-refractivity contribution in [1.29, 1.82) is 0 Å². The van der Waals surface area contributed by atoms with Crippen molar-refractivity contribution in [3.05, 3.63) is 46.2 Å². The van der Waals surface area contributed by atoms with Gasteiger partial charge < -0.3 is 15.8 Å². The molecule has 0 bridgehead atoms. The van der Waals surface area contributed by atoms with E-state index < -0.39 is 0 Å². The van der Waals surface area contributed by atoms with Gasteiger partial charge in [-0.3, -0.25) is 4.79 Å². The third-order valence-electron chi connectivity index (χ3n) is 2.89. The molecule has 3 N–H and O–H groups in total. The van der Waals surface area contributed by atoms with E-state index in [4.69, 9.17) is 10.5 Å². The second-order valence-electron chi connectivity index (χ2n) is 4.47. The normalized spacial score (nSPS) is 10.2. The highest BCUT2D eigenvalue weighted by Gasteiger charge is 2.04. The summed E-state index contributed by atoms with van der Waals surface area (Å²) < 4.78 is 5.48. The summed E-state index contributed by atoms with van der Waals surface area (Å²) in [5.41, 5.74) is 7.49. The number of carbonyl (C=O) groups is 1.